The summed E-state index contributed by atoms with van der Waals surface area (Å²) in [5, 5.41) is 3.07. The second kappa shape index (κ2) is 1.86. The van der Waals surface area contributed by atoms with Crippen LogP contribution in [0.3, 0.4) is 0 Å². The molecule has 0 radical (unpaired) electrons. The molecule has 1 aliphatic rings. The summed E-state index contributed by atoms with van der Waals surface area (Å²) in [6, 6.07) is 0.391. The summed E-state index contributed by atoms with van der Waals surface area (Å²) in [6.07, 6.45) is 0. The van der Waals surface area contributed by atoms with Gasteiger partial charge in [0.25, 0.3) is 0 Å². The molecule has 46 valence electrons. The van der Waals surface area contributed by atoms with Crippen LogP contribution in [0.4, 0.5) is 0 Å². The zero-order chi connectivity index (χ0) is 6.15. The molecular formula is C6H11NO. The number of Topliss-reactive ketones (excluding diaryl/α,β-unsaturated/α-hetero) is 1. The molecule has 0 aromatic heterocycles. The maximum Gasteiger partial charge on any atom is 0.150 e. The third kappa shape index (κ3) is 0.757. The lowest BCUT2D eigenvalue weighted by molar-refractivity contribution is -0.119. The van der Waals surface area contributed by atoms with E-state index in [0.717, 1.165) is 0 Å². The smallest absolute Gasteiger partial charge is 0.150 e. The maximum absolute atomic E-state index is 10.7. The van der Waals surface area contributed by atoms with Crippen LogP contribution >= 0.6 is 0 Å². The van der Waals surface area contributed by atoms with Gasteiger partial charge in [0.2, 0.25) is 0 Å². The normalized spacial score (nSPS) is 38.5. The molecule has 0 aromatic rings. The van der Waals surface area contributed by atoms with Gasteiger partial charge in [-0.05, 0) is 6.92 Å². The summed E-state index contributed by atoms with van der Waals surface area (Å²) in [5.41, 5.74) is 0. The summed E-state index contributed by atoms with van der Waals surface area (Å²) in [7, 11) is 0. The van der Waals surface area contributed by atoms with Crippen LogP contribution in [0, 0.1) is 5.92 Å². The van der Waals surface area contributed by atoms with Gasteiger partial charge in [0, 0.05) is 12.0 Å². The Morgan fingerprint density at radius 1 is 1.62 bits per heavy atom. The predicted octanol–water partition coefficient (Wildman–Crippen LogP) is 0.183. The van der Waals surface area contributed by atoms with E-state index in [1.165, 1.54) is 0 Å². The molecule has 1 N–H and O–H groups in total. The molecule has 1 rings (SSSR count). The van der Waals surface area contributed by atoms with Gasteiger partial charge in [0.15, 0.2) is 5.78 Å². The number of ketones is 1. The third-order valence-electron chi connectivity index (χ3n) is 1.86. The van der Waals surface area contributed by atoms with Crippen molar-refractivity contribution in [3.05, 3.63) is 0 Å². The van der Waals surface area contributed by atoms with Gasteiger partial charge >= 0.3 is 0 Å². The van der Waals surface area contributed by atoms with Crippen molar-refractivity contribution in [2.75, 3.05) is 6.54 Å². The van der Waals surface area contributed by atoms with Crippen molar-refractivity contribution < 1.29 is 4.79 Å². The van der Waals surface area contributed by atoms with E-state index in [0.29, 0.717) is 18.4 Å². The van der Waals surface area contributed by atoms with E-state index in [9.17, 15) is 4.79 Å². The lowest BCUT2D eigenvalue weighted by Gasteiger charge is -2.04. The van der Waals surface area contributed by atoms with Crippen molar-refractivity contribution in [3.63, 3.8) is 0 Å². The Balaban J connectivity index is 2.56. The number of hydrogen-bond acceptors (Lipinski definition) is 2. The summed E-state index contributed by atoms with van der Waals surface area (Å²) < 4.78 is 0. The minimum atomic E-state index is 0.231. The molecule has 0 saturated carbocycles. The van der Waals surface area contributed by atoms with Gasteiger partial charge in [-0.15, -0.1) is 0 Å². The molecule has 0 spiro atoms. The van der Waals surface area contributed by atoms with Crippen LogP contribution in [0.25, 0.3) is 0 Å². The largest absolute Gasteiger partial charge is 0.307 e. The first kappa shape index (κ1) is 5.76. The fraction of sp³-hybridized carbons (Fsp3) is 0.833. The fourth-order valence-corrected chi connectivity index (χ4v) is 0.878. The van der Waals surface area contributed by atoms with E-state index in [1.54, 1.807) is 0 Å². The highest BCUT2D eigenvalue weighted by molar-refractivity contribution is 5.85. The van der Waals surface area contributed by atoms with E-state index >= 15 is 0 Å². The highest BCUT2D eigenvalue weighted by Crippen LogP contribution is 2.08. The Hall–Kier alpha value is -0.370. The summed E-state index contributed by atoms with van der Waals surface area (Å²) in [5.74, 6) is 0.576. The van der Waals surface area contributed by atoms with E-state index in [1.807, 2.05) is 13.8 Å². The first-order valence-electron chi connectivity index (χ1n) is 2.98. The second-order valence-electron chi connectivity index (χ2n) is 2.42. The Morgan fingerprint density at radius 2 is 2.25 bits per heavy atom. The summed E-state index contributed by atoms with van der Waals surface area (Å²) in [4.78, 5) is 10.7. The SMILES string of the molecule is CC1NCC(=O)C1C. The standard InChI is InChI=1S/C6H11NO/c1-4-5(2)7-3-6(4)8/h4-5,7H,3H2,1-2H3. The first-order valence-corrected chi connectivity index (χ1v) is 2.98. The Labute approximate surface area is 49.3 Å². The van der Waals surface area contributed by atoms with E-state index in [4.69, 9.17) is 0 Å². The molecule has 0 bridgehead atoms. The summed E-state index contributed by atoms with van der Waals surface area (Å²) >= 11 is 0. The highest BCUT2D eigenvalue weighted by atomic mass is 16.1. The van der Waals surface area contributed by atoms with Gasteiger partial charge in [0.1, 0.15) is 0 Å². The lowest BCUT2D eigenvalue weighted by atomic mass is 10.0. The van der Waals surface area contributed by atoms with Crippen LogP contribution in [0.2, 0.25) is 0 Å². The molecule has 0 amide bonds. The molecular weight excluding hydrogens is 102 g/mol. The third-order valence-corrected chi connectivity index (χ3v) is 1.86. The van der Waals surface area contributed by atoms with Crippen LogP contribution in [-0.4, -0.2) is 18.4 Å². The van der Waals surface area contributed by atoms with Crippen molar-refractivity contribution in [3.8, 4) is 0 Å². The Bertz CT molecular complexity index is 111. The second-order valence-corrected chi connectivity index (χ2v) is 2.42. The van der Waals surface area contributed by atoms with E-state index in [2.05, 4.69) is 5.32 Å². The van der Waals surface area contributed by atoms with Crippen molar-refractivity contribution in [2.45, 2.75) is 19.9 Å². The van der Waals surface area contributed by atoms with Crippen molar-refractivity contribution >= 4 is 5.78 Å². The average molecular weight is 113 g/mol. The zero-order valence-corrected chi connectivity index (χ0v) is 5.27. The number of nitrogens with one attached hydrogen (secondary N) is 1. The molecule has 0 aromatic carbocycles. The van der Waals surface area contributed by atoms with Crippen LogP contribution in [0.1, 0.15) is 13.8 Å². The van der Waals surface area contributed by atoms with Gasteiger partial charge in [-0.3, -0.25) is 4.79 Å². The maximum atomic E-state index is 10.7. The van der Waals surface area contributed by atoms with Gasteiger partial charge < -0.3 is 5.32 Å². The zero-order valence-electron chi connectivity index (χ0n) is 5.27. The van der Waals surface area contributed by atoms with Crippen molar-refractivity contribution in [1.29, 1.82) is 0 Å². The molecule has 2 heteroatoms. The molecule has 0 aliphatic carbocycles. The predicted molar refractivity (Wildman–Crippen MR) is 31.6 cm³/mol. The van der Waals surface area contributed by atoms with E-state index in [-0.39, 0.29) is 5.92 Å². The molecule has 1 aliphatic heterocycles. The Morgan fingerprint density at radius 3 is 2.38 bits per heavy atom. The molecule has 1 heterocycles. The molecule has 2 atom stereocenters. The minimum absolute atomic E-state index is 0.231. The van der Waals surface area contributed by atoms with Crippen LogP contribution in [-0.2, 0) is 4.79 Å². The molecule has 1 saturated heterocycles. The topological polar surface area (TPSA) is 29.1 Å². The van der Waals surface area contributed by atoms with Crippen LogP contribution in [0.15, 0.2) is 0 Å². The van der Waals surface area contributed by atoms with Crippen LogP contribution < -0.4 is 5.32 Å². The number of rotatable bonds is 0. The molecule has 8 heavy (non-hydrogen) atoms. The van der Waals surface area contributed by atoms with Gasteiger partial charge in [0.05, 0.1) is 6.54 Å². The fourth-order valence-electron chi connectivity index (χ4n) is 0.878. The average Bonchev–Trinajstić information content (AvgIpc) is 1.98. The molecule has 1 fully saturated rings. The minimum Gasteiger partial charge on any atom is -0.307 e. The van der Waals surface area contributed by atoms with Crippen molar-refractivity contribution in [1.82, 2.24) is 5.32 Å². The molecule has 2 unspecified atom stereocenters. The van der Waals surface area contributed by atoms with Gasteiger partial charge in [-0.1, -0.05) is 6.92 Å². The highest BCUT2D eigenvalue weighted by Gasteiger charge is 2.25. The first-order chi connectivity index (χ1) is 3.72. The van der Waals surface area contributed by atoms with E-state index < -0.39 is 0 Å². The number of carbonyl (C=O) groups excluding carboxylic acids is 1. The molecule has 2 nitrogen and oxygen atoms in total. The van der Waals surface area contributed by atoms with Gasteiger partial charge in [-0.2, -0.15) is 0 Å². The summed E-state index contributed by atoms with van der Waals surface area (Å²) in [6.45, 7) is 4.57. The lowest BCUT2D eigenvalue weighted by Crippen LogP contribution is -2.20. The van der Waals surface area contributed by atoms with Crippen LogP contribution in [0.5, 0.6) is 0 Å². The number of carbonyl (C=O) groups is 1. The monoisotopic (exact) mass is 113 g/mol. The van der Waals surface area contributed by atoms with Crippen molar-refractivity contribution in [2.24, 2.45) is 5.92 Å². The number of hydrogen-bond donors (Lipinski definition) is 1. The quantitative estimate of drug-likeness (QED) is 0.485. The van der Waals surface area contributed by atoms with Gasteiger partial charge in [-0.25, -0.2) is 0 Å². The Kier molecular flexibility index (Phi) is 1.34.